The topological polar surface area (TPSA) is 144 Å². The molecule has 0 bridgehead atoms. The third-order valence-corrected chi connectivity index (χ3v) is 4.73. The summed E-state index contributed by atoms with van der Waals surface area (Å²) in [5.41, 5.74) is -0.319. The van der Waals surface area contributed by atoms with Crippen LogP contribution in [-0.2, 0) is 24.2 Å². The number of benzene rings is 1. The maximum atomic E-state index is 12.8. The van der Waals surface area contributed by atoms with E-state index in [1.807, 2.05) is 5.32 Å². The number of aliphatic imine (C=N–C) groups is 1. The molecule has 1 aliphatic heterocycles. The molecule has 2 amide bonds. The number of hydrogen-bond acceptors (Lipinski definition) is 9. The number of allylic oxidation sites excluding steroid dienone is 1. The van der Waals surface area contributed by atoms with Crippen molar-refractivity contribution < 1.29 is 41.0 Å². The first-order chi connectivity index (χ1) is 13.8. The Hall–Kier alpha value is -3.26. The van der Waals surface area contributed by atoms with E-state index >= 15 is 0 Å². The molecule has 1 aromatic carbocycles. The summed E-state index contributed by atoms with van der Waals surface area (Å²) >= 11 is 0. The highest BCUT2D eigenvalue weighted by atomic mass is 32.2. The number of alkyl halides is 2. The zero-order chi connectivity index (χ0) is 21.5. The third-order valence-electron chi connectivity index (χ3n) is 3.34. The van der Waals surface area contributed by atoms with Crippen molar-refractivity contribution in [1.82, 2.24) is 15.4 Å². The number of ether oxygens (including phenoxy) is 3. The Labute approximate surface area is 163 Å². The van der Waals surface area contributed by atoms with Crippen LogP contribution in [0, 0.1) is 0 Å². The van der Waals surface area contributed by atoms with Crippen LogP contribution in [0.4, 0.5) is 13.6 Å². The standard InChI is InChI=1S/C15H16F2N4O7S/c1-26-13(22)10-4-2-3-5-11(10)29(24,25)21-14(23)20-15(28-9-17)18-7-6-12(19-15)27-8-16/h2-7,19H,8-9H2,1H3,(H2,20,21,23). The Bertz CT molecular complexity index is 938. The summed E-state index contributed by atoms with van der Waals surface area (Å²) < 4.78 is 65.5. The number of rotatable bonds is 8. The van der Waals surface area contributed by atoms with Gasteiger partial charge in [-0.05, 0) is 12.1 Å². The van der Waals surface area contributed by atoms with E-state index in [1.54, 1.807) is 4.72 Å². The predicted molar refractivity (Wildman–Crippen MR) is 93.2 cm³/mol. The van der Waals surface area contributed by atoms with Crippen LogP contribution in [0.25, 0.3) is 0 Å². The number of amides is 2. The maximum absolute atomic E-state index is 12.8. The monoisotopic (exact) mass is 434 g/mol. The molecule has 0 saturated carbocycles. The minimum Gasteiger partial charge on any atom is -0.465 e. The molecule has 11 nitrogen and oxygen atoms in total. The van der Waals surface area contributed by atoms with Crippen molar-refractivity contribution in [2.24, 2.45) is 4.99 Å². The fourth-order valence-corrected chi connectivity index (χ4v) is 3.29. The van der Waals surface area contributed by atoms with E-state index < -0.39 is 46.6 Å². The lowest BCUT2D eigenvalue weighted by Crippen LogP contribution is -2.62. The number of carbonyl (C=O) groups excluding carboxylic acids is 2. The molecule has 0 saturated heterocycles. The number of urea groups is 1. The number of esters is 1. The Morgan fingerprint density at radius 3 is 2.62 bits per heavy atom. The second-order valence-electron chi connectivity index (χ2n) is 5.13. The van der Waals surface area contributed by atoms with E-state index in [0.29, 0.717) is 0 Å². The quantitative estimate of drug-likeness (QED) is 0.396. The lowest BCUT2D eigenvalue weighted by atomic mass is 10.2. The van der Waals surface area contributed by atoms with Crippen molar-refractivity contribution in [3.8, 4) is 0 Å². The van der Waals surface area contributed by atoms with Crippen molar-refractivity contribution in [3.05, 3.63) is 41.8 Å². The predicted octanol–water partition coefficient (Wildman–Crippen LogP) is 0.475. The molecule has 1 unspecified atom stereocenters. The molecular formula is C15H16F2N4O7S. The van der Waals surface area contributed by atoms with Gasteiger partial charge in [0, 0.05) is 12.3 Å². The molecule has 0 radical (unpaired) electrons. The van der Waals surface area contributed by atoms with Crippen molar-refractivity contribution in [2.75, 3.05) is 20.8 Å². The average Bonchev–Trinajstić information content (AvgIpc) is 2.67. The van der Waals surface area contributed by atoms with Gasteiger partial charge in [-0.1, -0.05) is 12.1 Å². The molecule has 1 atom stereocenters. The van der Waals surface area contributed by atoms with Gasteiger partial charge < -0.3 is 9.47 Å². The van der Waals surface area contributed by atoms with Gasteiger partial charge in [0.2, 0.25) is 6.86 Å². The number of hydrogen-bond donors (Lipinski definition) is 3. The van der Waals surface area contributed by atoms with Gasteiger partial charge in [0.25, 0.3) is 10.0 Å². The van der Waals surface area contributed by atoms with Gasteiger partial charge in [-0.25, -0.2) is 36.5 Å². The molecule has 14 heteroatoms. The van der Waals surface area contributed by atoms with Crippen LogP contribution in [0.5, 0.6) is 0 Å². The highest BCUT2D eigenvalue weighted by Crippen LogP contribution is 2.17. The zero-order valence-corrected chi connectivity index (χ0v) is 15.7. The lowest BCUT2D eigenvalue weighted by molar-refractivity contribution is -0.118. The van der Waals surface area contributed by atoms with Gasteiger partial charge in [0.05, 0.1) is 12.7 Å². The SMILES string of the molecule is COC(=O)c1ccccc1S(=O)(=O)NC(=O)NC1(OCF)N=CC=C(OCF)N1. The molecular weight excluding hydrogens is 418 g/mol. The van der Waals surface area contributed by atoms with E-state index in [1.165, 1.54) is 18.2 Å². The van der Waals surface area contributed by atoms with Crippen molar-refractivity contribution in [2.45, 2.75) is 10.9 Å². The van der Waals surface area contributed by atoms with Crippen LogP contribution in [0.1, 0.15) is 10.4 Å². The van der Waals surface area contributed by atoms with Crippen LogP contribution < -0.4 is 15.4 Å². The van der Waals surface area contributed by atoms with Crippen molar-refractivity contribution in [1.29, 1.82) is 0 Å². The Morgan fingerprint density at radius 2 is 1.97 bits per heavy atom. The maximum Gasteiger partial charge on any atom is 0.339 e. The Balaban J connectivity index is 2.22. The fraction of sp³-hybridized carbons (Fsp3) is 0.267. The van der Waals surface area contributed by atoms with Gasteiger partial charge in [-0.3, -0.25) is 15.4 Å². The first-order valence-electron chi connectivity index (χ1n) is 7.71. The molecule has 29 heavy (non-hydrogen) atoms. The number of sulfonamides is 1. The van der Waals surface area contributed by atoms with Gasteiger partial charge in [-0.15, -0.1) is 0 Å². The fourth-order valence-electron chi connectivity index (χ4n) is 2.18. The van der Waals surface area contributed by atoms with E-state index in [4.69, 9.17) is 0 Å². The van der Waals surface area contributed by atoms with Crippen LogP contribution in [0.2, 0.25) is 0 Å². The molecule has 158 valence electrons. The summed E-state index contributed by atoms with van der Waals surface area (Å²) in [4.78, 5) is 27.1. The van der Waals surface area contributed by atoms with E-state index in [-0.39, 0.29) is 11.4 Å². The molecule has 3 N–H and O–H groups in total. The summed E-state index contributed by atoms with van der Waals surface area (Å²) in [6.45, 7) is -2.70. The van der Waals surface area contributed by atoms with Gasteiger partial charge >= 0.3 is 18.0 Å². The number of methoxy groups -OCH3 is 1. The number of carbonyl (C=O) groups is 2. The smallest absolute Gasteiger partial charge is 0.339 e. The van der Waals surface area contributed by atoms with Crippen LogP contribution in [0.15, 0.2) is 46.1 Å². The number of nitrogens with one attached hydrogen (secondary N) is 3. The van der Waals surface area contributed by atoms with Crippen LogP contribution in [-0.4, -0.2) is 53.4 Å². The second kappa shape index (κ2) is 9.29. The summed E-state index contributed by atoms with van der Waals surface area (Å²) in [6.07, 6.45) is 2.17. The van der Waals surface area contributed by atoms with Crippen LogP contribution in [0.3, 0.4) is 0 Å². The highest BCUT2D eigenvalue weighted by molar-refractivity contribution is 7.90. The number of halogens is 2. The van der Waals surface area contributed by atoms with E-state index in [2.05, 4.69) is 24.5 Å². The average molecular weight is 434 g/mol. The minimum absolute atomic E-state index is 0.268. The van der Waals surface area contributed by atoms with Gasteiger partial charge in [0.1, 0.15) is 4.90 Å². The largest absolute Gasteiger partial charge is 0.465 e. The first kappa shape index (κ1) is 22.0. The zero-order valence-electron chi connectivity index (χ0n) is 14.8. The van der Waals surface area contributed by atoms with Crippen molar-refractivity contribution >= 4 is 28.2 Å². The van der Waals surface area contributed by atoms with Crippen LogP contribution >= 0.6 is 0 Å². The summed E-state index contributed by atoms with van der Waals surface area (Å²) in [7, 11) is -3.50. The molecule has 0 aromatic heterocycles. The van der Waals surface area contributed by atoms with Gasteiger partial charge in [0.15, 0.2) is 12.7 Å². The van der Waals surface area contributed by atoms with E-state index in [0.717, 1.165) is 25.5 Å². The van der Waals surface area contributed by atoms with E-state index in [9.17, 15) is 26.8 Å². The summed E-state index contributed by atoms with van der Waals surface area (Å²) in [5, 5.41) is 4.21. The molecule has 0 spiro atoms. The molecule has 0 aliphatic carbocycles. The molecule has 1 heterocycles. The molecule has 0 fully saturated rings. The molecule has 1 aliphatic rings. The van der Waals surface area contributed by atoms with Gasteiger partial charge in [-0.2, -0.15) is 0 Å². The second-order valence-corrected chi connectivity index (χ2v) is 6.78. The molecule has 2 rings (SSSR count). The molecule has 1 aromatic rings. The highest BCUT2D eigenvalue weighted by Gasteiger charge is 2.37. The normalized spacial score (nSPS) is 18.2. The number of nitrogens with zero attached hydrogens (tertiary/aromatic N) is 1. The minimum atomic E-state index is -4.56. The Kier molecular flexibility index (Phi) is 7.06. The summed E-state index contributed by atoms with van der Waals surface area (Å²) in [6, 6.07) is 3.58. The Morgan fingerprint density at radius 1 is 1.24 bits per heavy atom. The third kappa shape index (κ3) is 5.39. The first-order valence-corrected chi connectivity index (χ1v) is 9.20. The summed E-state index contributed by atoms with van der Waals surface area (Å²) in [5.74, 6) is -3.52. The van der Waals surface area contributed by atoms with Crippen molar-refractivity contribution in [3.63, 3.8) is 0 Å². The lowest BCUT2D eigenvalue weighted by Gasteiger charge is -2.32.